The first-order chi connectivity index (χ1) is 19.6. The van der Waals surface area contributed by atoms with E-state index in [1.165, 1.54) is 5.56 Å². The van der Waals surface area contributed by atoms with Crippen molar-refractivity contribution in [3.63, 3.8) is 0 Å². The first kappa shape index (κ1) is 27.4. The maximum atomic E-state index is 5.68. The minimum Gasteiger partial charge on any atom is -0.373 e. The van der Waals surface area contributed by atoms with Gasteiger partial charge in [0.2, 0.25) is 0 Å². The molecule has 0 aliphatic carbocycles. The van der Waals surface area contributed by atoms with Crippen molar-refractivity contribution in [1.82, 2.24) is 0 Å². The Hall–Kier alpha value is -4.20. The highest BCUT2D eigenvalue weighted by Crippen LogP contribution is 2.38. The molecule has 0 radical (unpaired) electrons. The first-order valence-electron chi connectivity index (χ1n) is 13.2. The topological polar surface area (TPSA) is 34.2 Å². The fourth-order valence-electron chi connectivity index (χ4n) is 4.91. The number of aryl methyl sites for hydroxylation is 1. The van der Waals surface area contributed by atoms with Gasteiger partial charge < -0.3 is 23.1 Å². The normalized spacial score (nSPS) is 11.3. The molecule has 0 heterocycles. The van der Waals surface area contributed by atoms with Crippen LogP contribution in [0.4, 0.5) is 34.1 Å². The van der Waals surface area contributed by atoms with Crippen molar-refractivity contribution >= 4 is 48.1 Å². The van der Waals surface area contributed by atoms with Crippen LogP contribution >= 0.6 is 0 Å². The number of benzene rings is 5. The molecular weight excluding hydrogens is 512 g/mol. The lowest BCUT2D eigenvalue weighted by molar-refractivity contribution is 0.140. The summed E-state index contributed by atoms with van der Waals surface area (Å²) >= 11 is 0. The Balaban J connectivity index is 1.54. The third-order valence-electron chi connectivity index (χ3n) is 6.97. The van der Waals surface area contributed by atoms with Gasteiger partial charge in [0, 0.05) is 60.6 Å². The number of rotatable bonds is 10. The lowest BCUT2D eigenvalue weighted by Crippen LogP contribution is -2.54. The molecule has 0 unspecified atom stereocenters. The van der Waals surface area contributed by atoms with Crippen LogP contribution in [0.3, 0.4) is 0 Å². The molecule has 0 aromatic heterocycles. The quantitative estimate of drug-likeness (QED) is 0.166. The largest absolute Gasteiger partial charge is 0.536 e. The van der Waals surface area contributed by atoms with E-state index in [1.54, 1.807) is 21.3 Å². The van der Waals surface area contributed by atoms with Gasteiger partial charge in [-0.1, -0.05) is 66.2 Å². The second-order valence-corrected chi connectivity index (χ2v) is 12.3. The molecule has 5 aromatic rings. The molecule has 0 amide bonds. The highest BCUT2D eigenvalue weighted by molar-refractivity contribution is 6.75. The smallest absolute Gasteiger partial charge is 0.373 e. The molecule has 6 heteroatoms. The Morgan fingerprint density at radius 3 is 1.05 bits per heavy atom. The van der Waals surface area contributed by atoms with Crippen LogP contribution in [0.25, 0.3) is 0 Å². The predicted octanol–water partition coefficient (Wildman–Crippen LogP) is 8.02. The summed E-state index contributed by atoms with van der Waals surface area (Å²) in [7, 11) is 1.95. The third-order valence-corrected chi connectivity index (χ3v) is 9.63. The first-order valence-corrected chi connectivity index (χ1v) is 14.9. The van der Waals surface area contributed by atoms with Crippen LogP contribution in [0.5, 0.6) is 0 Å². The maximum Gasteiger partial charge on any atom is 0.536 e. The van der Waals surface area contributed by atoms with Crippen molar-refractivity contribution < 1.29 is 13.3 Å². The number of anilines is 6. The van der Waals surface area contributed by atoms with Crippen LogP contribution in [-0.2, 0) is 13.3 Å². The van der Waals surface area contributed by atoms with Gasteiger partial charge in [-0.25, -0.2) is 0 Å². The van der Waals surface area contributed by atoms with Gasteiger partial charge >= 0.3 is 8.80 Å². The summed E-state index contributed by atoms with van der Waals surface area (Å²) in [4.78, 5) is 4.51. The standard InChI is InChI=1S/C34H34N2O3Si/c1-27-15-17-30(18-16-27)35(28-11-7-5-8-12-28)31-19-21-32(22-20-31)36(29-13-9-6-10-14-29)33-23-25-34(26-24-33)40(37-2,38-3)39-4/h5-26H,1-4H3. The molecule has 0 aliphatic rings. The number of nitrogens with zero attached hydrogens (tertiary/aromatic N) is 2. The van der Waals surface area contributed by atoms with Crippen LogP contribution in [-0.4, -0.2) is 30.1 Å². The van der Waals surface area contributed by atoms with Crippen LogP contribution in [0, 0.1) is 6.92 Å². The molecule has 0 saturated carbocycles. The van der Waals surface area contributed by atoms with Gasteiger partial charge in [-0.3, -0.25) is 0 Å². The zero-order chi connectivity index (χ0) is 28.0. The molecule has 0 saturated heterocycles. The molecule has 0 fully saturated rings. The minimum absolute atomic E-state index is 0.906. The Labute approximate surface area is 238 Å². The van der Waals surface area contributed by atoms with E-state index in [-0.39, 0.29) is 0 Å². The van der Waals surface area contributed by atoms with Gasteiger partial charge in [-0.2, -0.15) is 0 Å². The summed E-state index contributed by atoms with van der Waals surface area (Å²) in [6, 6.07) is 46.3. The fraction of sp³-hybridized carbons (Fsp3) is 0.118. The van der Waals surface area contributed by atoms with Gasteiger partial charge in [0.25, 0.3) is 0 Å². The zero-order valence-corrected chi connectivity index (χ0v) is 24.3. The average Bonchev–Trinajstić information content (AvgIpc) is 3.02. The zero-order valence-electron chi connectivity index (χ0n) is 23.3. The van der Waals surface area contributed by atoms with Gasteiger partial charge in [0.1, 0.15) is 0 Å². The molecule has 0 spiro atoms. The van der Waals surface area contributed by atoms with E-state index in [9.17, 15) is 0 Å². The summed E-state index contributed by atoms with van der Waals surface area (Å²) in [5.74, 6) is 0. The van der Waals surface area contributed by atoms with Gasteiger partial charge in [0.05, 0.1) is 0 Å². The van der Waals surface area contributed by atoms with Gasteiger partial charge in [-0.15, -0.1) is 0 Å². The lowest BCUT2D eigenvalue weighted by Gasteiger charge is -2.29. The minimum atomic E-state index is -2.92. The van der Waals surface area contributed by atoms with Crippen molar-refractivity contribution in [2.24, 2.45) is 0 Å². The summed E-state index contributed by atoms with van der Waals surface area (Å²) in [5.41, 5.74) is 7.67. The Bertz CT molecular complexity index is 1480. The molecule has 5 nitrogen and oxygen atoms in total. The maximum absolute atomic E-state index is 5.68. The van der Waals surface area contributed by atoms with Gasteiger partial charge in [-0.05, 0) is 79.7 Å². The van der Waals surface area contributed by atoms with Crippen LogP contribution in [0.1, 0.15) is 5.56 Å². The Morgan fingerprint density at radius 1 is 0.400 bits per heavy atom. The number of hydrogen-bond acceptors (Lipinski definition) is 5. The Kier molecular flexibility index (Phi) is 8.43. The van der Waals surface area contributed by atoms with Gasteiger partial charge in [0.15, 0.2) is 0 Å². The molecule has 5 aromatic carbocycles. The van der Waals surface area contributed by atoms with Crippen molar-refractivity contribution in [3.05, 3.63) is 139 Å². The highest BCUT2D eigenvalue weighted by Gasteiger charge is 2.40. The molecular formula is C34H34N2O3Si. The SMILES string of the molecule is CO[Si](OC)(OC)c1ccc(N(c2ccccc2)c2ccc(N(c3ccccc3)c3ccc(C)cc3)cc2)cc1. The third kappa shape index (κ3) is 5.57. The molecule has 0 N–H and O–H groups in total. The van der Waals surface area contributed by atoms with Crippen LogP contribution < -0.4 is 15.0 Å². The van der Waals surface area contributed by atoms with E-state index in [2.05, 4.69) is 126 Å². The summed E-state index contributed by atoms with van der Waals surface area (Å²) in [5, 5.41) is 0.906. The lowest BCUT2D eigenvalue weighted by atomic mass is 10.1. The highest BCUT2D eigenvalue weighted by atomic mass is 28.4. The molecule has 0 aliphatic heterocycles. The fourth-order valence-corrected chi connectivity index (χ4v) is 6.69. The van der Waals surface area contributed by atoms with Crippen molar-refractivity contribution in [2.75, 3.05) is 31.1 Å². The average molecular weight is 547 g/mol. The molecule has 0 atom stereocenters. The van der Waals surface area contributed by atoms with Crippen LogP contribution in [0.15, 0.2) is 133 Å². The second-order valence-electron chi connectivity index (χ2n) is 9.41. The number of hydrogen-bond donors (Lipinski definition) is 0. The van der Waals surface area contributed by atoms with E-state index in [1.807, 2.05) is 24.3 Å². The molecule has 40 heavy (non-hydrogen) atoms. The van der Waals surface area contributed by atoms with Crippen LogP contribution in [0.2, 0.25) is 0 Å². The monoisotopic (exact) mass is 546 g/mol. The van der Waals surface area contributed by atoms with Crippen molar-refractivity contribution in [2.45, 2.75) is 6.92 Å². The predicted molar refractivity (Wildman–Crippen MR) is 167 cm³/mol. The second kappa shape index (κ2) is 12.3. The van der Waals surface area contributed by atoms with Crippen molar-refractivity contribution in [3.8, 4) is 0 Å². The summed E-state index contributed by atoms with van der Waals surface area (Å²) < 4.78 is 17.0. The van der Waals surface area contributed by atoms with E-state index in [4.69, 9.17) is 13.3 Å². The van der Waals surface area contributed by atoms with E-state index < -0.39 is 8.80 Å². The Morgan fingerprint density at radius 2 is 0.700 bits per heavy atom. The van der Waals surface area contributed by atoms with E-state index >= 15 is 0 Å². The summed E-state index contributed by atoms with van der Waals surface area (Å²) in [6.45, 7) is 2.11. The van der Waals surface area contributed by atoms with Crippen molar-refractivity contribution in [1.29, 1.82) is 0 Å². The molecule has 0 bridgehead atoms. The summed E-state index contributed by atoms with van der Waals surface area (Å²) in [6.07, 6.45) is 0. The molecule has 202 valence electrons. The van der Waals surface area contributed by atoms with E-state index in [0.29, 0.717) is 0 Å². The number of para-hydroxylation sites is 2. The molecule has 5 rings (SSSR count). The van der Waals surface area contributed by atoms with E-state index in [0.717, 1.165) is 39.3 Å².